The fraction of sp³-hybridized carbons (Fsp3) is 0.429. The van der Waals surface area contributed by atoms with Crippen LogP contribution in [0.2, 0.25) is 0 Å². The summed E-state index contributed by atoms with van der Waals surface area (Å²) in [5.41, 5.74) is 5.38. The Morgan fingerprint density at radius 2 is 2.23 bits per heavy atom. The molecule has 0 amide bonds. The zero-order chi connectivity index (χ0) is 9.30. The van der Waals surface area contributed by atoms with Crippen molar-refractivity contribution in [3.8, 4) is 0 Å². The average Bonchev–Trinajstić information content (AvgIpc) is 2.30. The normalized spacial score (nSPS) is 11.9. The Hall–Kier alpha value is -1.07. The lowest BCUT2D eigenvalue weighted by molar-refractivity contribution is 0.0689. The van der Waals surface area contributed by atoms with Gasteiger partial charge in [-0.1, -0.05) is 0 Å². The molecule has 1 rings (SSSR count). The molecule has 1 aromatic rings. The molecular formula is C7H11ClN2O3. The summed E-state index contributed by atoms with van der Waals surface area (Å²) < 4.78 is 5.02. The van der Waals surface area contributed by atoms with Gasteiger partial charge in [-0.15, -0.1) is 12.4 Å². The van der Waals surface area contributed by atoms with Crippen molar-refractivity contribution in [2.24, 2.45) is 5.73 Å². The number of rotatable bonds is 2. The number of aryl methyl sites for hydroxylation is 1. The van der Waals surface area contributed by atoms with Gasteiger partial charge < -0.3 is 15.3 Å². The summed E-state index contributed by atoms with van der Waals surface area (Å²) in [5, 5.41) is 8.60. The molecule has 74 valence electrons. The fourth-order valence-corrected chi connectivity index (χ4v) is 0.810. The van der Waals surface area contributed by atoms with E-state index in [1.54, 1.807) is 13.8 Å². The number of carboxylic acid groups (broad SMARTS) is 1. The number of oxazole rings is 1. The van der Waals surface area contributed by atoms with Gasteiger partial charge in [-0.2, -0.15) is 0 Å². The molecule has 0 aliphatic rings. The number of aromatic nitrogens is 1. The first-order valence-corrected chi connectivity index (χ1v) is 3.48. The number of carbonyl (C=O) groups is 1. The minimum atomic E-state index is -1.09. The molecule has 1 atom stereocenters. The highest BCUT2D eigenvalue weighted by Crippen LogP contribution is 2.14. The van der Waals surface area contributed by atoms with E-state index in [1.165, 1.54) is 0 Å². The molecule has 1 heterocycles. The molecule has 0 bridgehead atoms. The van der Waals surface area contributed by atoms with Crippen LogP contribution in [0.25, 0.3) is 0 Å². The summed E-state index contributed by atoms with van der Waals surface area (Å²) in [4.78, 5) is 14.2. The minimum absolute atomic E-state index is 0. The molecule has 0 aliphatic heterocycles. The molecule has 0 fully saturated rings. The predicted octanol–water partition coefficient (Wildman–Crippen LogP) is 1.12. The zero-order valence-corrected chi connectivity index (χ0v) is 8.09. The first kappa shape index (κ1) is 11.9. The maximum atomic E-state index is 10.5. The number of hydrogen-bond donors (Lipinski definition) is 2. The third-order valence-corrected chi connectivity index (χ3v) is 1.41. The zero-order valence-electron chi connectivity index (χ0n) is 7.27. The smallest absolute Gasteiger partial charge is 0.358 e. The lowest BCUT2D eigenvalue weighted by Gasteiger charge is -1.94. The van der Waals surface area contributed by atoms with E-state index in [9.17, 15) is 4.79 Å². The van der Waals surface area contributed by atoms with E-state index in [0.29, 0.717) is 0 Å². The maximum Gasteiger partial charge on any atom is 0.358 e. The molecule has 0 saturated heterocycles. The van der Waals surface area contributed by atoms with Crippen LogP contribution in [0.3, 0.4) is 0 Å². The van der Waals surface area contributed by atoms with E-state index < -0.39 is 5.97 Å². The van der Waals surface area contributed by atoms with Gasteiger partial charge in [0, 0.05) is 0 Å². The Morgan fingerprint density at radius 3 is 2.46 bits per heavy atom. The Morgan fingerprint density at radius 1 is 1.69 bits per heavy atom. The monoisotopic (exact) mass is 206 g/mol. The number of nitrogens with zero attached hydrogens (tertiary/aromatic N) is 1. The summed E-state index contributed by atoms with van der Waals surface area (Å²) in [6.07, 6.45) is 0. The Balaban J connectivity index is 0.00000144. The number of hydrogen-bond acceptors (Lipinski definition) is 4. The standard InChI is InChI=1S/C7H10N2O3.ClH/c1-3(8)6-9-5(7(10)11)4(2)12-6;/h3H,8H2,1-2H3,(H,10,11);1H/t3-;/m0./s1. The van der Waals surface area contributed by atoms with Gasteiger partial charge in [0.05, 0.1) is 6.04 Å². The van der Waals surface area contributed by atoms with Gasteiger partial charge in [-0.3, -0.25) is 0 Å². The molecule has 13 heavy (non-hydrogen) atoms. The third kappa shape index (κ3) is 2.43. The summed E-state index contributed by atoms with van der Waals surface area (Å²) in [6.45, 7) is 3.22. The number of aromatic carboxylic acids is 1. The molecule has 0 unspecified atom stereocenters. The Bertz CT molecular complexity index is 309. The van der Waals surface area contributed by atoms with Crippen LogP contribution in [0, 0.1) is 6.92 Å². The van der Waals surface area contributed by atoms with Crippen molar-refractivity contribution in [3.63, 3.8) is 0 Å². The quantitative estimate of drug-likeness (QED) is 0.757. The average molecular weight is 207 g/mol. The van der Waals surface area contributed by atoms with Gasteiger partial charge in [-0.05, 0) is 13.8 Å². The van der Waals surface area contributed by atoms with E-state index in [1.807, 2.05) is 0 Å². The van der Waals surface area contributed by atoms with Crippen molar-refractivity contribution in [1.82, 2.24) is 4.98 Å². The molecule has 0 radical (unpaired) electrons. The van der Waals surface area contributed by atoms with Crippen LogP contribution in [-0.4, -0.2) is 16.1 Å². The second kappa shape index (κ2) is 4.25. The molecule has 0 saturated carbocycles. The molecule has 3 N–H and O–H groups in total. The van der Waals surface area contributed by atoms with Gasteiger partial charge in [0.15, 0.2) is 5.69 Å². The number of nitrogens with two attached hydrogens (primary N) is 1. The molecular weight excluding hydrogens is 196 g/mol. The van der Waals surface area contributed by atoms with Crippen molar-refractivity contribution < 1.29 is 14.3 Å². The summed E-state index contributed by atoms with van der Waals surface area (Å²) in [5.74, 6) is -0.553. The van der Waals surface area contributed by atoms with Crippen LogP contribution in [0.4, 0.5) is 0 Å². The SMILES string of the molecule is Cc1oc([C@H](C)N)nc1C(=O)O.Cl. The predicted molar refractivity (Wildman–Crippen MR) is 48.0 cm³/mol. The second-order valence-electron chi connectivity index (χ2n) is 2.55. The van der Waals surface area contributed by atoms with Gasteiger partial charge in [0.1, 0.15) is 5.76 Å². The van der Waals surface area contributed by atoms with Gasteiger partial charge in [0.2, 0.25) is 5.89 Å². The van der Waals surface area contributed by atoms with Crippen LogP contribution in [0.5, 0.6) is 0 Å². The summed E-state index contributed by atoms with van der Waals surface area (Å²) in [6, 6.07) is -0.378. The van der Waals surface area contributed by atoms with E-state index in [-0.39, 0.29) is 35.8 Å². The highest BCUT2D eigenvalue weighted by molar-refractivity contribution is 5.86. The Labute approximate surface area is 81.4 Å². The summed E-state index contributed by atoms with van der Waals surface area (Å²) >= 11 is 0. The number of halogens is 1. The van der Waals surface area contributed by atoms with Crippen LogP contribution in [0.1, 0.15) is 35.1 Å². The first-order chi connectivity index (χ1) is 5.52. The van der Waals surface area contributed by atoms with Crippen molar-refractivity contribution in [1.29, 1.82) is 0 Å². The van der Waals surface area contributed by atoms with Crippen molar-refractivity contribution in [2.45, 2.75) is 19.9 Å². The van der Waals surface area contributed by atoms with Crippen molar-refractivity contribution in [2.75, 3.05) is 0 Å². The van der Waals surface area contributed by atoms with E-state index >= 15 is 0 Å². The van der Waals surface area contributed by atoms with Gasteiger partial charge >= 0.3 is 5.97 Å². The van der Waals surface area contributed by atoms with Gasteiger partial charge in [0.25, 0.3) is 0 Å². The Kier molecular flexibility index (Phi) is 3.90. The van der Waals surface area contributed by atoms with Crippen molar-refractivity contribution in [3.05, 3.63) is 17.3 Å². The van der Waals surface area contributed by atoms with E-state index in [2.05, 4.69) is 4.98 Å². The third-order valence-electron chi connectivity index (χ3n) is 1.41. The highest BCUT2D eigenvalue weighted by atomic mass is 35.5. The largest absolute Gasteiger partial charge is 0.476 e. The first-order valence-electron chi connectivity index (χ1n) is 3.48. The van der Waals surface area contributed by atoms with Gasteiger partial charge in [-0.25, -0.2) is 9.78 Å². The molecule has 5 nitrogen and oxygen atoms in total. The van der Waals surface area contributed by atoms with Crippen LogP contribution in [-0.2, 0) is 0 Å². The van der Waals surface area contributed by atoms with E-state index in [4.69, 9.17) is 15.3 Å². The fourth-order valence-electron chi connectivity index (χ4n) is 0.810. The van der Waals surface area contributed by atoms with Crippen molar-refractivity contribution >= 4 is 18.4 Å². The number of carboxylic acids is 1. The molecule has 1 aromatic heterocycles. The van der Waals surface area contributed by atoms with Crippen LogP contribution >= 0.6 is 12.4 Å². The molecule has 6 heteroatoms. The lowest BCUT2D eigenvalue weighted by Crippen LogP contribution is -2.06. The van der Waals surface area contributed by atoms with E-state index in [0.717, 1.165) is 0 Å². The van der Waals surface area contributed by atoms with Crippen LogP contribution < -0.4 is 5.73 Å². The second-order valence-corrected chi connectivity index (χ2v) is 2.55. The topological polar surface area (TPSA) is 89.4 Å². The highest BCUT2D eigenvalue weighted by Gasteiger charge is 2.17. The molecule has 0 spiro atoms. The minimum Gasteiger partial charge on any atom is -0.476 e. The molecule has 0 aliphatic carbocycles. The summed E-state index contributed by atoms with van der Waals surface area (Å²) in [7, 11) is 0. The maximum absolute atomic E-state index is 10.5. The van der Waals surface area contributed by atoms with Crippen LogP contribution in [0.15, 0.2) is 4.42 Å². The molecule has 0 aromatic carbocycles. The lowest BCUT2D eigenvalue weighted by atomic mass is 10.3.